The number of thiocarbonyl (C=S) groups is 1. The predicted molar refractivity (Wildman–Crippen MR) is 136 cm³/mol. The van der Waals surface area contributed by atoms with Crippen molar-refractivity contribution >= 4 is 57.8 Å². The largest absolute Gasteiger partial charge is 0.482 e. The van der Waals surface area contributed by atoms with Crippen molar-refractivity contribution in [2.24, 2.45) is 0 Å². The minimum absolute atomic E-state index is 0.0806. The van der Waals surface area contributed by atoms with Gasteiger partial charge in [-0.3, -0.25) is 9.59 Å². The van der Waals surface area contributed by atoms with E-state index in [0.717, 1.165) is 16.7 Å². The second-order valence-corrected chi connectivity index (χ2v) is 10.7. The quantitative estimate of drug-likeness (QED) is 0.386. The molecule has 1 saturated heterocycles. The summed E-state index contributed by atoms with van der Waals surface area (Å²) in [6.45, 7) is 6.35. The van der Waals surface area contributed by atoms with Crippen LogP contribution in [-0.4, -0.2) is 35.8 Å². The van der Waals surface area contributed by atoms with Gasteiger partial charge in [-0.1, -0.05) is 56.9 Å². The number of nitrogens with zero attached hydrogens (tertiary/aromatic N) is 1. The van der Waals surface area contributed by atoms with Crippen LogP contribution in [0.1, 0.15) is 47.8 Å². The van der Waals surface area contributed by atoms with Gasteiger partial charge in [-0.25, -0.2) is 4.79 Å². The van der Waals surface area contributed by atoms with Crippen LogP contribution in [0.5, 0.6) is 5.75 Å². The van der Waals surface area contributed by atoms with Gasteiger partial charge in [0.1, 0.15) is 10.1 Å². The molecule has 2 heterocycles. The molecule has 2 aromatic carbocycles. The summed E-state index contributed by atoms with van der Waals surface area (Å²) in [4.78, 5) is 39.3. The lowest BCUT2D eigenvalue weighted by Gasteiger charge is -2.30. The number of ether oxygens (including phenoxy) is 2. The van der Waals surface area contributed by atoms with Gasteiger partial charge in [0.25, 0.3) is 11.8 Å². The molecule has 0 radical (unpaired) electrons. The average molecular weight is 497 g/mol. The fourth-order valence-electron chi connectivity index (χ4n) is 3.69. The standard InChI is InChI=1S/C25H24N2O5S2/c1-25(2,3)17-8-15(7-16(11-17)23(30)31-4)12-27-18-9-14(5-6-19(18)32-13-21(27)28)10-20-22(29)26-24(33)34-20/h5-11H,12-13H2,1-4H3,(H,26,29,33)/b20-10+. The molecule has 4 rings (SSSR count). The number of methoxy groups -OCH3 is 1. The molecule has 0 saturated carbocycles. The SMILES string of the molecule is COC(=O)c1cc(CN2C(=O)COc3ccc(/C=C4/SC(=S)NC4=O)cc32)cc(C(C)(C)C)c1. The monoisotopic (exact) mass is 496 g/mol. The van der Waals surface area contributed by atoms with Gasteiger partial charge in [0.05, 0.1) is 29.8 Å². The summed E-state index contributed by atoms with van der Waals surface area (Å²) < 4.78 is 11.0. The van der Waals surface area contributed by atoms with Gasteiger partial charge < -0.3 is 19.7 Å². The molecule has 2 aliphatic heterocycles. The lowest BCUT2D eigenvalue weighted by molar-refractivity contribution is -0.121. The lowest BCUT2D eigenvalue weighted by atomic mass is 9.85. The average Bonchev–Trinajstić information content (AvgIpc) is 3.10. The Hall–Kier alpha value is -3.17. The molecule has 34 heavy (non-hydrogen) atoms. The Morgan fingerprint density at radius 2 is 2.00 bits per heavy atom. The first-order valence-electron chi connectivity index (χ1n) is 10.6. The molecule has 2 aromatic rings. The van der Waals surface area contributed by atoms with E-state index in [1.165, 1.54) is 18.9 Å². The molecule has 0 aromatic heterocycles. The van der Waals surface area contributed by atoms with Gasteiger partial charge in [-0.2, -0.15) is 0 Å². The zero-order valence-electron chi connectivity index (χ0n) is 19.3. The van der Waals surface area contributed by atoms with Crippen molar-refractivity contribution in [1.29, 1.82) is 0 Å². The van der Waals surface area contributed by atoms with Crippen LogP contribution >= 0.6 is 24.0 Å². The van der Waals surface area contributed by atoms with E-state index >= 15 is 0 Å². The van der Waals surface area contributed by atoms with E-state index in [1.807, 2.05) is 24.3 Å². The first-order chi connectivity index (χ1) is 16.0. The number of benzene rings is 2. The maximum atomic E-state index is 12.9. The van der Waals surface area contributed by atoms with Gasteiger partial charge >= 0.3 is 5.97 Å². The molecule has 0 spiro atoms. The van der Waals surface area contributed by atoms with Crippen molar-refractivity contribution in [3.8, 4) is 5.75 Å². The third-order valence-corrected chi connectivity index (χ3v) is 6.65. The summed E-state index contributed by atoms with van der Waals surface area (Å²) >= 11 is 6.25. The van der Waals surface area contributed by atoms with Crippen LogP contribution in [0.4, 0.5) is 5.69 Å². The summed E-state index contributed by atoms with van der Waals surface area (Å²) in [5, 5.41) is 2.59. The van der Waals surface area contributed by atoms with E-state index in [0.29, 0.717) is 26.2 Å². The third-order valence-electron chi connectivity index (χ3n) is 5.49. The molecular formula is C25H24N2O5S2. The number of carbonyl (C=O) groups excluding carboxylic acids is 3. The summed E-state index contributed by atoms with van der Waals surface area (Å²) in [7, 11) is 1.35. The van der Waals surface area contributed by atoms with Crippen molar-refractivity contribution in [2.45, 2.75) is 32.7 Å². The van der Waals surface area contributed by atoms with Crippen LogP contribution in [0.15, 0.2) is 41.3 Å². The van der Waals surface area contributed by atoms with E-state index in [2.05, 4.69) is 26.1 Å². The fraction of sp³-hybridized carbons (Fsp3) is 0.280. The van der Waals surface area contributed by atoms with Crippen molar-refractivity contribution in [3.05, 3.63) is 63.6 Å². The lowest BCUT2D eigenvalue weighted by Crippen LogP contribution is -2.38. The number of hydrogen-bond donors (Lipinski definition) is 1. The summed E-state index contributed by atoms with van der Waals surface area (Å²) in [6, 6.07) is 11.0. The number of anilines is 1. The van der Waals surface area contributed by atoms with E-state index in [-0.39, 0.29) is 30.4 Å². The van der Waals surface area contributed by atoms with E-state index in [1.54, 1.807) is 23.1 Å². The Labute approximate surface area is 207 Å². The maximum Gasteiger partial charge on any atom is 0.337 e. The van der Waals surface area contributed by atoms with Gasteiger partial charge in [-0.05, 0) is 52.4 Å². The molecule has 9 heteroatoms. The first-order valence-corrected chi connectivity index (χ1v) is 11.8. The number of esters is 1. The molecule has 1 N–H and O–H groups in total. The van der Waals surface area contributed by atoms with Crippen molar-refractivity contribution < 1.29 is 23.9 Å². The molecule has 2 amide bonds. The molecule has 176 valence electrons. The smallest absolute Gasteiger partial charge is 0.337 e. The Bertz CT molecular complexity index is 1250. The number of fused-ring (bicyclic) bond motifs is 1. The van der Waals surface area contributed by atoms with Crippen LogP contribution in [0.2, 0.25) is 0 Å². The normalized spacial score (nSPS) is 16.9. The number of carbonyl (C=O) groups is 3. The Kier molecular flexibility index (Phi) is 6.51. The first kappa shape index (κ1) is 24.0. The number of hydrogen-bond acceptors (Lipinski definition) is 7. The molecule has 2 aliphatic rings. The van der Waals surface area contributed by atoms with Crippen molar-refractivity contribution in [1.82, 2.24) is 5.32 Å². The highest BCUT2D eigenvalue weighted by Gasteiger charge is 2.28. The van der Waals surface area contributed by atoms with Crippen LogP contribution < -0.4 is 15.0 Å². The van der Waals surface area contributed by atoms with Crippen molar-refractivity contribution in [2.75, 3.05) is 18.6 Å². The van der Waals surface area contributed by atoms with Crippen LogP contribution in [0, 0.1) is 0 Å². The zero-order chi connectivity index (χ0) is 24.6. The van der Waals surface area contributed by atoms with E-state index in [9.17, 15) is 14.4 Å². The molecule has 0 aliphatic carbocycles. The highest BCUT2D eigenvalue weighted by atomic mass is 32.2. The van der Waals surface area contributed by atoms with E-state index < -0.39 is 5.97 Å². The number of nitrogens with one attached hydrogen (secondary N) is 1. The molecular weight excluding hydrogens is 472 g/mol. The second-order valence-electron chi connectivity index (χ2n) is 9.01. The van der Waals surface area contributed by atoms with Gasteiger partial charge in [-0.15, -0.1) is 0 Å². The minimum atomic E-state index is -0.430. The molecule has 7 nitrogen and oxygen atoms in total. The maximum absolute atomic E-state index is 12.9. The summed E-state index contributed by atoms with van der Waals surface area (Å²) in [5.74, 6) is -0.306. The molecule has 0 atom stereocenters. The number of amides is 2. The Morgan fingerprint density at radius 1 is 1.24 bits per heavy atom. The third kappa shape index (κ3) is 5.00. The molecule has 0 unspecified atom stereocenters. The Balaban J connectivity index is 1.72. The second kappa shape index (κ2) is 9.23. The van der Waals surface area contributed by atoms with Crippen LogP contribution in [-0.2, 0) is 26.3 Å². The van der Waals surface area contributed by atoms with Crippen LogP contribution in [0.25, 0.3) is 6.08 Å². The van der Waals surface area contributed by atoms with Crippen molar-refractivity contribution in [3.63, 3.8) is 0 Å². The topological polar surface area (TPSA) is 84.9 Å². The van der Waals surface area contributed by atoms with Gasteiger partial charge in [0.2, 0.25) is 0 Å². The number of rotatable bonds is 4. The molecule has 0 bridgehead atoms. The summed E-state index contributed by atoms with van der Waals surface area (Å²) in [5.41, 5.74) is 3.33. The predicted octanol–water partition coefficient (Wildman–Crippen LogP) is 4.19. The highest BCUT2D eigenvalue weighted by molar-refractivity contribution is 8.26. The highest BCUT2D eigenvalue weighted by Crippen LogP contribution is 2.36. The van der Waals surface area contributed by atoms with E-state index in [4.69, 9.17) is 21.7 Å². The zero-order valence-corrected chi connectivity index (χ0v) is 20.9. The Morgan fingerprint density at radius 3 is 2.65 bits per heavy atom. The summed E-state index contributed by atoms with van der Waals surface area (Å²) in [6.07, 6.45) is 1.73. The van der Waals surface area contributed by atoms with Gasteiger partial charge in [0.15, 0.2) is 6.61 Å². The minimum Gasteiger partial charge on any atom is -0.482 e. The molecule has 1 fully saturated rings. The van der Waals surface area contributed by atoms with Gasteiger partial charge in [0, 0.05) is 0 Å². The van der Waals surface area contributed by atoms with Crippen LogP contribution in [0.3, 0.4) is 0 Å². The number of thioether (sulfide) groups is 1. The fourth-order valence-corrected chi connectivity index (χ4v) is 4.73.